The molecule has 0 aliphatic rings. The molecule has 1 rings (SSSR count). The van der Waals surface area contributed by atoms with Crippen LogP contribution in [0.25, 0.3) is 0 Å². The number of carbonyl (C=O) groups excluding carboxylic acids is 1. The summed E-state index contributed by atoms with van der Waals surface area (Å²) in [5.74, 6) is -0.341. The van der Waals surface area contributed by atoms with Crippen LogP contribution < -0.4 is 5.32 Å². The Kier molecular flexibility index (Phi) is 6.63. The van der Waals surface area contributed by atoms with Crippen LogP contribution in [0.3, 0.4) is 0 Å². The smallest absolute Gasteiger partial charge is 0.327 e. The highest BCUT2D eigenvalue weighted by Crippen LogP contribution is 2.27. The highest BCUT2D eigenvalue weighted by atomic mass is 35.5. The number of ether oxygens (including phenoxy) is 1. The van der Waals surface area contributed by atoms with Gasteiger partial charge >= 0.3 is 5.97 Å². The normalized spacial score (nSPS) is 13.9. The van der Waals surface area contributed by atoms with E-state index in [0.717, 1.165) is 6.42 Å². The molecular formula is C14H19Cl2NO2. The Morgan fingerprint density at radius 2 is 2.05 bits per heavy atom. The van der Waals surface area contributed by atoms with Gasteiger partial charge in [-0.3, -0.25) is 5.32 Å². The van der Waals surface area contributed by atoms with Crippen molar-refractivity contribution in [3.05, 3.63) is 33.8 Å². The maximum absolute atomic E-state index is 12.1. The van der Waals surface area contributed by atoms with Crippen LogP contribution in [0.5, 0.6) is 0 Å². The third-order valence-electron chi connectivity index (χ3n) is 2.85. The molecule has 0 saturated carbocycles. The van der Waals surface area contributed by atoms with Crippen molar-refractivity contribution in [1.82, 2.24) is 5.32 Å². The van der Waals surface area contributed by atoms with Crippen molar-refractivity contribution in [2.75, 3.05) is 6.61 Å². The lowest BCUT2D eigenvalue weighted by Crippen LogP contribution is -2.36. The van der Waals surface area contributed by atoms with Crippen molar-refractivity contribution < 1.29 is 9.53 Å². The first-order chi connectivity index (χ1) is 8.99. The van der Waals surface area contributed by atoms with Gasteiger partial charge in [0.25, 0.3) is 0 Å². The van der Waals surface area contributed by atoms with Crippen molar-refractivity contribution >= 4 is 29.2 Å². The summed E-state index contributed by atoms with van der Waals surface area (Å²) in [5.41, 5.74) is 0.646. The molecule has 1 aromatic rings. The maximum Gasteiger partial charge on any atom is 0.327 e. The van der Waals surface area contributed by atoms with E-state index in [1.54, 1.807) is 25.1 Å². The second kappa shape index (κ2) is 7.73. The number of carbonyl (C=O) groups is 1. The SMILES string of the molecule is CCOC(=O)C(NC(C)CC)c1cc(Cl)ccc1Cl. The van der Waals surface area contributed by atoms with E-state index in [0.29, 0.717) is 22.2 Å². The largest absolute Gasteiger partial charge is 0.465 e. The van der Waals surface area contributed by atoms with Gasteiger partial charge in [-0.05, 0) is 38.5 Å². The molecule has 1 N–H and O–H groups in total. The van der Waals surface area contributed by atoms with Crippen molar-refractivity contribution in [1.29, 1.82) is 0 Å². The van der Waals surface area contributed by atoms with Gasteiger partial charge in [-0.1, -0.05) is 30.1 Å². The Morgan fingerprint density at radius 1 is 1.37 bits per heavy atom. The van der Waals surface area contributed by atoms with Gasteiger partial charge in [-0.25, -0.2) is 4.79 Å². The van der Waals surface area contributed by atoms with E-state index in [1.165, 1.54) is 0 Å². The Balaban J connectivity index is 3.07. The minimum Gasteiger partial charge on any atom is -0.465 e. The van der Waals surface area contributed by atoms with Crippen molar-refractivity contribution in [3.63, 3.8) is 0 Å². The maximum atomic E-state index is 12.1. The summed E-state index contributed by atoms with van der Waals surface area (Å²) in [6.07, 6.45) is 0.897. The first-order valence-corrected chi connectivity index (χ1v) is 7.12. The third kappa shape index (κ3) is 4.68. The van der Waals surface area contributed by atoms with Crippen LogP contribution >= 0.6 is 23.2 Å². The molecular weight excluding hydrogens is 285 g/mol. The molecule has 0 aliphatic heterocycles. The summed E-state index contributed by atoms with van der Waals surface area (Å²) in [6, 6.07) is 4.65. The Labute approximate surface area is 124 Å². The van der Waals surface area contributed by atoms with Crippen LogP contribution in [0.2, 0.25) is 10.0 Å². The molecule has 106 valence electrons. The molecule has 2 atom stereocenters. The minimum absolute atomic E-state index is 0.171. The fourth-order valence-corrected chi connectivity index (χ4v) is 2.06. The summed E-state index contributed by atoms with van der Waals surface area (Å²) >= 11 is 12.1. The fraction of sp³-hybridized carbons (Fsp3) is 0.500. The summed E-state index contributed by atoms with van der Waals surface area (Å²) < 4.78 is 5.10. The second-order valence-corrected chi connectivity index (χ2v) is 5.17. The molecule has 0 saturated heterocycles. The molecule has 0 fully saturated rings. The molecule has 0 radical (unpaired) electrons. The quantitative estimate of drug-likeness (QED) is 0.808. The number of benzene rings is 1. The van der Waals surface area contributed by atoms with Gasteiger partial charge < -0.3 is 4.74 Å². The standard InChI is InChI=1S/C14H19Cl2NO2/c1-4-9(3)17-13(14(18)19-5-2)11-8-10(15)6-7-12(11)16/h6-9,13,17H,4-5H2,1-3H3. The minimum atomic E-state index is -0.596. The number of halogens is 2. The Bertz CT molecular complexity index is 437. The molecule has 0 heterocycles. The van der Waals surface area contributed by atoms with Gasteiger partial charge in [-0.2, -0.15) is 0 Å². The molecule has 1 aromatic carbocycles. The number of hydrogen-bond donors (Lipinski definition) is 1. The fourth-order valence-electron chi connectivity index (χ4n) is 1.65. The molecule has 0 spiro atoms. The van der Waals surface area contributed by atoms with Crippen molar-refractivity contribution in [2.24, 2.45) is 0 Å². The van der Waals surface area contributed by atoms with Crippen molar-refractivity contribution in [3.8, 4) is 0 Å². The lowest BCUT2D eigenvalue weighted by molar-refractivity contribution is -0.146. The summed E-state index contributed by atoms with van der Waals surface area (Å²) in [6.45, 7) is 6.15. The van der Waals surface area contributed by atoms with Gasteiger partial charge in [-0.15, -0.1) is 0 Å². The zero-order valence-electron chi connectivity index (χ0n) is 11.4. The van der Waals surface area contributed by atoms with Crippen LogP contribution in [0.1, 0.15) is 38.8 Å². The number of rotatable bonds is 6. The lowest BCUT2D eigenvalue weighted by Gasteiger charge is -2.22. The molecule has 2 unspecified atom stereocenters. The molecule has 3 nitrogen and oxygen atoms in total. The Morgan fingerprint density at radius 3 is 2.63 bits per heavy atom. The lowest BCUT2D eigenvalue weighted by atomic mass is 10.1. The van der Waals surface area contributed by atoms with E-state index in [-0.39, 0.29) is 12.0 Å². The third-order valence-corrected chi connectivity index (χ3v) is 3.43. The first-order valence-electron chi connectivity index (χ1n) is 6.37. The predicted octanol–water partition coefficient (Wildman–Crippen LogP) is 3.99. The molecule has 19 heavy (non-hydrogen) atoms. The Hall–Kier alpha value is -0.770. The molecule has 0 aliphatic carbocycles. The van der Waals surface area contributed by atoms with Crippen LogP contribution in [-0.4, -0.2) is 18.6 Å². The zero-order valence-corrected chi connectivity index (χ0v) is 12.9. The summed E-state index contributed by atoms with van der Waals surface area (Å²) in [4.78, 5) is 12.1. The van der Waals surface area contributed by atoms with Crippen LogP contribution in [0.15, 0.2) is 18.2 Å². The van der Waals surface area contributed by atoms with Crippen molar-refractivity contribution in [2.45, 2.75) is 39.3 Å². The topological polar surface area (TPSA) is 38.3 Å². The van der Waals surface area contributed by atoms with E-state index in [1.807, 2.05) is 13.8 Å². The second-order valence-electron chi connectivity index (χ2n) is 4.33. The van der Waals surface area contributed by atoms with Crippen LogP contribution in [-0.2, 0) is 9.53 Å². The monoisotopic (exact) mass is 303 g/mol. The number of esters is 1. The average Bonchev–Trinajstić information content (AvgIpc) is 2.39. The van der Waals surface area contributed by atoms with E-state index in [2.05, 4.69) is 5.32 Å². The van der Waals surface area contributed by atoms with Gasteiger partial charge in [0.1, 0.15) is 6.04 Å². The summed E-state index contributed by atoms with van der Waals surface area (Å²) in [5, 5.41) is 4.26. The van der Waals surface area contributed by atoms with E-state index < -0.39 is 6.04 Å². The van der Waals surface area contributed by atoms with Gasteiger partial charge in [0.05, 0.1) is 6.61 Å². The van der Waals surface area contributed by atoms with Gasteiger partial charge in [0.2, 0.25) is 0 Å². The molecule has 0 amide bonds. The number of hydrogen-bond acceptors (Lipinski definition) is 3. The highest BCUT2D eigenvalue weighted by Gasteiger charge is 2.25. The zero-order chi connectivity index (χ0) is 14.4. The van der Waals surface area contributed by atoms with E-state index in [4.69, 9.17) is 27.9 Å². The molecule has 0 bridgehead atoms. The van der Waals surface area contributed by atoms with E-state index >= 15 is 0 Å². The first kappa shape index (κ1) is 16.3. The van der Waals surface area contributed by atoms with Gasteiger partial charge in [0, 0.05) is 21.7 Å². The molecule has 0 aromatic heterocycles. The average molecular weight is 304 g/mol. The van der Waals surface area contributed by atoms with Gasteiger partial charge in [0.15, 0.2) is 0 Å². The molecule has 5 heteroatoms. The van der Waals surface area contributed by atoms with Crippen LogP contribution in [0, 0.1) is 0 Å². The van der Waals surface area contributed by atoms with E-state index in [9.17, 15) is 4.79 Å². The predicted molar refractivity (Wildman–Crippen MR) is 78.7 cm³/mol. The summed E-state index contributed by atoms with van der Waals surface area (Å²) in [7, 11) is 0. The highest BCUT2D eigenvalue weighted by molar-refractivity contribution is 6.33. The van der Waals surface area contributed by atoms with Crippen LogP contribution in [0.4, 0.5) is 0 Å². The number of nitrogens with one attached hydrogen (secondary N) is 1.